The lowest BCUT2D eigenvalue weighted by molar-refractivity contribution is 1.00. The minimum atomic E-state index is 0.137. The molecule has 46 heavy (non-hydrogen) atoms. The molecule has 0 saturated heterocycles. The highest BCUT2D eigenvalue weighted by Gasteiger charge is 2.50. The van der Waals surface area contributed by atoms with Crippen molar-refractivity contribution in [3.05, 3.63) is 107 Å². The van der Waals surface area contributed by atoms with Crippen LogP contribution in [-0.2, 0) is 0 Å². The van der Waals surface area contributed by atoms with Gasteiger partial charge in [-0.05, 0) is 83.7 Å². The van der Waals surface area contributed by atoms with Gasteiger partial charge in [-0.25, -0.2) is 0 Å². The number of para-hydroxylation sites is 4. The van der Waals surface area contributed by atoms with E-state index in [1.165, 1.54) is 111 Å². The second-order valence-electron chi connectivity index (χ2n) is 13.9. The number of nitrogens with zero attached hydrogens (tertiary/aromatic N) is 4. The molecule has 11 rings (SSSR count). The van der Waals surface area contributed by atoms with Crippen LogP contribution in [0.2, 0.25) is 0 Å². The van der Waals surface area contributed by atoms with Gasteiger partial charge in [-0.3, -0.25) is 0 Å². The van der Waals surface area contributed by atoms with Crippen LogP contribution in [0.1, 0.15) is 22.5 Å². The van der Waals surface area contributed by atoms with Crippen molar-refractivity contribution in [1.82, 2.24) is 9.13 Å². The lowest BCUT2D eigenvalue weighted by atomic mass is 9.31. The summed E-state index contributed by atoms with van der Waals surface area (Å²) in [6.07, 6.45) is 0. The Kier molecular flexibility index (Phi) is 4.37. The summed E-state index contributed by atoms with van der Waals surface area (Å²) >= 11 is 0. The quantitative estimate of drug-likeness (QED) is 0.240. The van der Waals surface area contributed by atoms with Gasteiger partial charge in [-0.2, -0.15) is 0 Å². The number of anilines is 4. The minimum Gasteiger partial charge on any atom is -0.344 e. The van der Waals surface area contributed by atoms with E-state index in [0.29, 0.717) is 0 Å². The van der Waals surface area contributed by atoms with Crippen LogP contribution in [0.25, 0.3) is 33.2 Å². The summed E-state index contributed by atoms with van der Waals surface area (Å²) < 4.78 is 5.27. The van der Waals surface area contributed by atoms with Crippen molar-refractivity contribution in [3.8, 4) is 11.4 Å². The molecule has 0 N–H and O–H groups in total. The molecule has 0 spiro atoms. The Labute approximate surface area is 269 Å². The standard InChI is InChI=1S/C40H32B2N4/c1-21-23(3)45-35-25(21)13-11-17-29(35)41-27-15-7-9-19-31(27)44(6)38-33(41)39(45)37-34-40(38)46-24(4)22(2)26-14-12-18-30(36(26)46)42(34)28-16-8-10-20-32(28)43(37)5/h7-20H,1-6H3. The third-order valence-electron chi connectivity index (χ3n) is 12.2. The Hall–Kier alpha value is -5.09. The van der Waals surface area contributed by atoms with Crippen molar-refractivity contribution in [2.45, 2.75) is 27.7 Å². The van der Waals surface area contributed by atoms with E-state index in [9.17, 15) is 0 Å². The van der Waals surface area contributed by atoms with Gasteiger partial charge in [0, 0.05) is 58.7 Å². The van der Waals surface area contributed by atoms with Gasteiger partial charge in [0.1, 0.15) is 0 Å². The van der Waals surface area contributed by atoms with E-state index in [0.717, 1.165) is 0 Å². The molecule has 0 unspecified atom stereocenters. The van der Waals surface area contributed by atoms with E-state index in [4.69, 9.17) is 0 Å². The number of benzene rings is 5. The lowest BCUT2D eigenvalue weighted by Crippen LogP contribution is -2.66. The number of aromatic nitrogens is 2. The Morgan fingerprint density at radius 1 is 0.435 bits per heavy atom. The highest BCUT2D eigenvalue weighted by Crippen LogP contribution is 2.47. The molecule has 4 aliphatic heterocycles. The van der Waals surface area contributed by atoms with E-state index in [1.807, 2.05) is 0 Å². The second kappa shape index (κ2) is 8.00. The summed E-state index contributed by atoms with van der Waals surface area (Å²) in [5, 5.41) is 2.73. The lowest BCUT2D eigenvalue weighted by Gasteiger charge is -2.47. The summed E-state index contributed by atoms with van der Waals surface area (Å²) in [6, 6.07) is 32.2. The monoisotopic (exact) mass is 590 g/mol. The van der Waals surface area contributed by atoms with Gasteiger partial charge in [0.25, 0.3) is 13.4 Å². The van der Waals surface area contributed by atoms with Crippen LogP contribution >= 0.6 is 0 Å². The third-order valence-corrected chi connectivity index (χ3v) is 12.2. The summed E-state index contributed by atoms with van der Waals surface area (Å²) in [4.78, 5) is 5.03. The average molecular weight is 590 g/mol. The SMILES string of the molecule is Cc1c(C)n2c3c(cccc13)B1c3ccccc3N(C)c3c1c-2c1c2c3-n3c(C)c(C)c4cccc(c43)B2c2ccccc2N1C. The maximum Gasteiger partial charge on any atom is 0.252 e. The molecule has 0 amide bonds. The van der Waals surface area contributed by atoms with Crippen molar-refractivity contribution in [3.63, 3.8) is 0 Å². The van der Waals surface area contributed by atoms with E-state index in [1.54, 1.807) is 0 Å². The van der Waals surface area contributed by atoms with Gasteiger partial charge < -0.3 is 18.9 Å². The fraction of sp³-hybridized carbons (Fsp3) is 0.150. The van der Waals surface area contributed by atoms with Crippen LogP contribution in [0, 0.1) is 27.7 Å². The average Bonchev–Trinajstić information content (AvgIpc) is 3.49. The summed E-state index contributed by atoms with van der Waals surface area (Å²) in [5.74, 6) is 0. The summed E-state index contributed by atoms with van der Waals surface area (Å²) in [7, 11) is 4.60. The first-order valence-corrected chi connectivity index (χ1v) is 16.5. The van der Waals surface area contributed by atoms with E-state index in [-0.39, 0.29) is 13.4 Å². The molecule has 0 aliphatic carbocycles. The summed E-state index contributed by atoms with van der Waals surface area (Å²) in [6.45, 7) is 9.54. The van der Waals surface area contributed by atoms with Gasteiger partial charge in [-0.1, -0.05) is 72.8 Å². The maximum atomic E-state index is 2.64. The summed E-state index contributed by atoms with van der Waals surface area (Å²) in [5.41, 5.74) is 24.6. The van der Waals surface area contributed by atoms with Gasteiger partial charge in [-0.15, -0.1) is 0 Å². The number of fused-ring (bicyclic) bond motifs is 10. The highest BCUT2D eigenvalue weighted by molar-refractivity contribution is 7.03. The van der Waals surface area contributed by atoms with Crippen LogP contribution in [0.4, 0.5) is 22.7 Å². The molecule has 4 nitrogen and oxygen atoms in total. The fourth-order valence-electron chi connectivity index (χ4n) is 10.00. The number of hydrogen-bond acceptors (Lipinski definition) is 2. The first-order chi connectivity index (χ1) is 22.4. The molecular formula is C40H32B2N4. The predicted molar refractivity (Wildman–Crippen MR) is 197 cm³/mol. The molecule has 0 saturated carbocycles. The normalized spacial score (nSPS) is 14.6. The predicted octanol–water partition coefficient (Wildman–Crippen LogP) is 4.63. The topological polar surface area (TPSA) is 16.3 Å². The largest absolute Gasteiger partial charge is 0.344 e. The van der Waals surface area contributed by atoms with Crippen molar-refractivity contribution >= 4 is 90.8 Å². The number of hydrogen-bond donors (Lipinski definition) is 0. The van der Waals surface area contributed by atoms with Gasteiger partial charge >= 0.3 is 0 Å². The molecular weight excluding hydrogens is 558 g/mol. The van der Waals surface area contributed by atoms with Crippen molar-refractivity contribution in [2.75, 3.05) is 23.9 Å². The van der Waals surface area contributed by atoms with Crippen LogP contribution in [0.5, 0.6) is 0 Å². The molecule has 0 radical (unpaired) electrons. The zero-order valence-electron chi connectivity index (χ0n) is 27.0. The van der Waals surface area contributed by atoms with Crippen molar-refractivity contribution in [2.24, 2.45) is 0 Å². The van der Waals surface area contributed by atoms with Crippen LogP contribution in [0.15, 0.2) is 84.9 Å². The molecule has 6 heteroatoms. The number of aryl methyl sites for hydroxylation is 2. The molecule has 0 bridgehead atoms. The fourth-order valence-corrected chi connectivity index (χ4v) is 10.00. The second-order valence-corrected chi connectivity index (χ2v) is 13.9. The third kappa shape index (κ3) is 2.52. The first-order valence-electron chi connectivity index (χ1n) is 16.5. The Bertz CT molecular complexity index is 2410. The zero-order chi connectivity index (χ0) is 30.9. The number of rotatable bonds is 0. The Balaban J connectivity index is 1.46. The van der Waals surface area contributed by atoms with Crippen LogP contribution in [-0.4, -0.2) is 36.7 Å². The van der Waals surface area contributed by atoms with Crippen molar-refractivity contribution in [1.29, 1.82) is 0 Å². The molecule has 6 heterocycles. The van der Waals surface area contributed by atoms with Crippen LogP contribution in [0.3, 0.4) is 0 Å². The zero-order valence-corrected chi connectivity index (χ0v) is 27.0. The van der Waals surface area contributed by atoms with E-state index in [2.05, 4.69) is 146 Å². The molecule has 5 aromatic carbocycles. The maximum absolute atomic E-state index is 2.64. The molecule has 0 atom stereocenters. The minimum absolute atomic E-state index is 0.137. The molecule has 218 valence electrons. The van der Waals surface area contributed by atoms with Gasteiger partial charge in [0.2, 0.25) is 0 Å². The van der Waals surface area contributed by atoms with Gasteiger partial charge in [0.15, 0.2) is 0 Å². The highest BCUT2D eigenvalue weighted by atomic mass is 15.2. The smallest absolute Gasteiger partial charge is 0.252 e. The first kappa shape index (κ1) is 25.1. The van der Waals surface area contributed by atoms with E-state index < -0.39 is 0 Å². The Morgan fingerprint density at radius 3 is 1.26 bits per heavy atom. The molecule has 7 aromatic rings. The molecule has 0 fully saturated rings. The molecule has 2 aromatic heterocycles. The van der Waals surface area contributed by atoms with E-state index >= 15 is 0 Å². The Morgan fingerprint density at radius 2 is 0.826 bits per heavy atom. The van der Waals surface area contributed by atoms with Gasteiger partial charge in [0.05, 0.1) is 22.7 Å². The van der Waals surface area contributed by atoms with Crippen LogP contribution < -0.4 is 42.6 Å². The molecule has 4 aliphatic rings. The van der Waals surface area contributed by atoms with Crippen molar-refractivity contribution < 1.29 is 0 Å².